The summed E-state index contributed by atoms with van der Waals surface area (Å²) in [5, 5.41) is 3.26. The number of hydrogen-bond acceptors (Lipinski definition) is 3. The number of nitrogens with one attached hydrogen (secondary N) is 1. The minimum absolute atomic E-state index is 0.232. The summed E-state index contributed by atoms with van der Waals surface area (Å²) in [7, 11) is 2.04. The van der Waals surface area contributed by atoms with Crippen LogP contribution in [-0.4, -0.2) is 61.5 Å². The lowest BCUT2D eigenvalue weighted by Gasteiger charge is -2.41. The van der Waals surface area contributed by atoms with Gasteiger partial charge in [-0.1, -0.05) is 0 Å². The Morgan fingerprint density at radius 1 is 1.11 bits per heavy atom. The summed E-state index contributed by atoms with van der Waals surface area (Å²) < 4.78 is 0. The SMILES string of the molecule is CNCCC1CCC(N2CCN(C(C)=O)CC2)CC1. The van der Waals surface area contributed by atoms with E-state index < -0.39 is 0 Å². The first-order valence-corrected chi connectivity index (χ1v) is 7.85. The molecule has 110 valence electrons. The maximum absolute atomic E-state index is 11.3. The molecule has 0 radical (unpaired) electrons. The van der Waals surface area contributed by atoms with Gasteiger partial charge in [0.05, 0.1) is 0 Å². The van der Waals surface area contributed by atoms with Crippen molar-refractivity contribution in [3.8, 4) is 0 Å². The largest absolute Gasteiger partial charge is 0.340 e. The second-order valence-electron chi connectivity index (χ2n) is 6.11. The zero-order valence-corrected chi connectivity index (χ0v) is 12.5. The zero-order valence-electron chi connectivity index (χ0n) is 12.5. The van der Waals surface area contributed by atoms with Gasteiger partial charge in [0.1, 0.15) is 0 Å². The molecule has 19 heavy (non-hydrogen) atoms. The molecule has 1 amide bonds. The van der Waals surface area contributed by atoms with Gasteiger partial charge in [0, 0.05) is 39.1 Å². The summed E-state index contributed by atoms with van der Waals surface area (Å²) >= 11 is 0. The molecule has 1 saturated heterocycles. The molecule has 0 aromatic carbocycles. The fourth-order valence-corrected chi connectivity index (χ4v) is 3.55. The molecule has 0 atom stereocenters. The van der Waals surface area contributed by atoms with Gasteiger partial charge in [0.15, 0.2) is 0 Å². The van der Waals surface area contributed by atoms with Gasteiger partial charge in [-0.3, -0.25) is 9.69 Å². The highest BCUT2D eigenvalue weighted by molar-refractivity contribution is 5.73. The van der Waals surface area contributed by atoms with Gasteiger partial charge in [0.2, 0.25) is 5.91 Å². The summed E-state index contributed by atoms with van der Waals surface area (Å²) in [6.07, 6.45) is 6.82. The topological polar surface area (TPSA) is 35.6 Å². The summed E-state index contributed by atoms with van der Waals surface area (Å²) in [5.41, 5.74) is 0. The second kappa shape index (κ2) is 7.25. The van der Waals surface area contributed by atoms with E-state index in [1.807, 2.05) is 11.9 Å². The van der Waals surface area contributed by atoms with Crippen LogP contribution < -0.4 is 5.32 Å². The molecule has 4 nitrogen and oxygen atoms in total. The van der Waals surface area contributed by atoms with Gasteiger partial charge in [-0.05, 0) is 51.6 Å². The van der Waals surface area contributed by atoms with Crippen molar-refractivity contribution < 1.29 is 4.79 Å². The summed E-state index contributed by atoms with van der Waals surface area (Å²) in [6.45, 7) is 6.84. The van der Waals surface area contributed by atoms with Crippen molar-refractivity contribution in [3.63, 3.8) is 0 Å². The second-order valence-corrected chi connectivity index (χ2v) is 6.11. The van der Waals surface area contributed by atoms with Gasteiger partial charge in [0.25, 0.3) is 0 Å². The van der Waals surface area contributed by atoms with Crippen LogP contribution in [0.4, 0.5) is 0 Å². The third-order valence-electron chi connectivity index (χ3n) is 4.89. The Balaban J connectivity index is 1.69. The molecule has 1 heterocycles. The van der Waals surface area contributed by atoms with Crippen molar-refractivity contribution in [3.05, 3.63) is 0 Å². The Labute approximate surface area is 117 Å². The number of nitrogens with zero attached hydrogens (tertiary/aromatic N) is 2. The Morgan fingerprint density at radius 3 is 2.26 bits per heavy atom. The van der Waals surface area contributed by atoms with E-state index in [9.17, 15) is 4.79 Å². The Kier molecular flexibility index (Phi) is 5.64. The molecule has 0 aromatic rings. The third-order valence-corrected chi connectivity index (χ3v) is 4.89. The van der Waals surface area contributed by atoms with Crippen LogP contribution >= 0.6 is 0 Å². The van der Waals surface area contributed by atoms with E-state index in [1.54, 1.807) is 6.92 Å². The third kappa shape index (κ3) is 4.18. The van der Waals surface area contributed by atoms with Crippen molar-refractivity contribution in [1.82, 2.24) is 15.1 Å². The average Bonchev–Trinajstić information content (AvgIpc) is 2.46. The van der Waals surface area contributed by atoms with Crippen molar-refractivity contribution in [1.29, 1.82) is 0 Å². The van der Waals surface area contributed by atoms with Crippen molar-refractivity contribution in [2.45, 2.75) is 45.1 Å². The zero-order chi connectivity index (χ0) is 13.7. The van der Waals surface area contributed by atoms with E-state index in [2.05, 4.69) is 10.2 Å². The van der Waals surface area contributed by atoms with Gasteiger partial charge in [-0.15, -0.1) is 0 Å². The normalized spacial score (nSPS) is 29.5. The molecule has 2 fully saturated rings. The van der Waals surface area contributed by atoms with Crippen LogP contribution in [0.3, 0.4) is 0 Å². The minimum atomic E-state index is 0.232. The van der Waals surface area contributed by atoms with E-state index in [-0.39, 0.29) is 5.91 Å². The first-order valence-electron chi connectivity index (χ1n) is 7.85. The number of amides is 1. The van der Waals surface area contributed by atoms with Crippen LogP contribution in [0.2, 0.25) is 0 Å². The molecule has 1 saturated carbocycles. The molecule has 1 N–H and O–H groups in total. The molecule has 1 aliphatic heterocycles. The van der Waals surface area contributed by atoms with Crippen LogP contribution in [0.25, 0.3) is 0 Å². The highest BCUT2D eigenvalue weighted by Crippen LogP contribution is 2.29. The van der Waals surface area contributed by atoms with Crippen LogP contribution in [-0.2, 0) is 4.79 Å². The molecule has 2 rings (SSSR count). The minimum Gasteiger partial charge on any atom is -0.340 e. The maximum Gasteiger partial charge on any atom is 0.219 e. The number of rotatable bonds is 4. The molecular formula is C15H29N3O. The standard InChI is InChI=1S/C15H29N3O/c1-13(19)17-9-11-18(12-10-17)15-5-3-14(4-6-15)7-8-16-2/h14-16H,3-12H2,1-2H3. The van der Waals surface area contributed by atoms with Crippen molar-refractivity contribution >= 4 is 5.91 Å². The van der Waals surface area contributed by atoms with Crippen LogP contribution in [0.5, 0.6) is 0 Å². The smallest absolute Gasteiger partial charge is 0.219 e. The maximum atomic E-state index is 11.3. The van der Waals surface area contributed by atoms with E-state index in [0.717, 1.165) is 44.7 Å². The van der Waals surface area contributed by atoms with Gasteiger partial charge in [-0.25, -0.2) is 0 Å². The predicted octanol–water partition coefficient (Wildman–Crippen LogP) is 1.32. The predicted molar refractivity (Wildman–Crippen MR) is 78.1 cm³/mol. The fraction of sp³-hybridized carbons (Fsp3) is 0.933. The molecular weight excluding hydrogens is 238 g/mol. The van der Waals surface area contributed by atoms with Crippen LogP contribution in [0, 0.1) is 5.92 Å². The number of hydrogen-bond donors (Lipinski definition) is 1. The molecule has 0 aromatic heterocycles. The first-order chi connectivity index (χ1) is 9.20. The molecule has 0 spiro atoms. The van der Waals surface area contributed by atoms with Crippen molar-refractivity contribution in [2.75, 3.05) is 39.8 Å². The summed E-state index contributed by atoms with van der Waals surface area (Å²) in [5.74, 6) is 1.16. The lowest BCUT2D eigenvalue weighted by atomic mass is 9.83. The Bertz CT molecular complexity index is 279. The van der Waals surface area contributed by atoms with Gasteiger partial charge in [-0.2, -0.15) is 0 Å². The highest BCUT2D eigenvalue weighted by Gasteiger charge is 2.28. The van der Waals surface area contributed by atoms with Gasteiger partial charge < -0.3 is 10.2 Å². The number of piperazine rings is 1. The van der Waals surface area contributed by atoms with E-state index in [1.165, 1.54) is 32.1 Å². The Hall–Kier alpha value is -0.610. The number of carbonyl (C=O) groups is 1. The summed E-state index contributed by atoms with van der Waals surface area (Å²) in [6, 6.07) is 0.778. The first kappa shape index (κ1) is 14.8. The lowest BCUT2D eigenvalue weighted by Crippen LogP contribution is -2.52. The number of carbonyl (C=O) groups excluding carboxylic acids is 1. The molecule has 1 aliphatic carbocycles. The van der Waals surface area contributed by atoms with E-state index >= 15 is 0 Å². The van der Waals surface area contributed by atoms with E-state index in [0.29, 0.717) is 0 Å². The molecule has 2 aliphatic rings. The summed E-state index contributed by atoms with van der Waals surface area (Å²) in [4.78, 5) is 15.9. The van der Waals surface area contributed by atoms with Crippen molar-refractivity contribution in [2.24, 2.45) is 5.92 Å². The molecule has 0 unspecified atom stereocenters. The Morgan fingerprint density at radius 2 is 1.74 bits per heavy atom. The fourth-order valence-electron chi connectivity index (χ4n) is 3.55. The average molecular weight is 267 g/mol. The van der Waals surface area contributed by atoms with Gasteiger partial charge >= 0.3 is 0 Å². The monoisotopic (exact) mass is 267 g/mol. The highest BCUT2D eigenvalue weighted by atomic mass is 16.2. The molecule has 0 bridgehead atoms. The van der Waals surface area contributed by atoms with Crippen LogP contribution in [0.15, 0.2) is 0 Å². The quantitative estimate of drug-likeness (QED) is 0.834. The van der Waals surface area contributed by atoms with Crippen LogP contribution in [0.1, 0.15) is 39.0 Å². The van der Waals surface area contributed by atoms with E-state index in [4.69, 9.17) is 0 Å². The molecule has 4 heteroatoms. The lowest BCUT2D eigenvalue weighted by molar-refractivity contribution is -0.131.